The van der Waals surface area contributed by atoms with Crippen molar-refractivity contribution in [3.05, 3.63) is 70.0 Å². The molecule has 0 atom stereocenters. The molecule has 37 heavy (non-hydrogen) atoms. The third kappa shape index (κ3) is 7.25. The first kappa shape index (κ1) is 27.0. The number of carbonyl (C=O) groups excluding carboxylic acids is 1. The van der Waals surface area contributed by atoms with Gasteiger partial charge >= 0.3 is 0 Å². The number of hydrogen-bond donors (Lipinski definition) is 1. The third-order valence-corrected chi connectivity index (χ3v) is 6.39. The molecule has 1 fully saturated rings. The fraction of sp³-hybridized carbons (Fsp3) is 0.429. The van der Waals surface area contributed by atoms with Crippen LogP contribution in [-0.4, -0.2) is 60.6 Å². The average molecular weight is 527 g/mol. The largest absolute Gasteiger partial charge is 0.495 e. The van der Waals surface area contributed by atoms with E-state index in [-0.39, 0.29) is 5.91 Å². The van der Waals surface area contributed by atoms with Crippen molar-refractivity contribution in [3.8, 4) is 11.5 Å². The van der Waals surface area contributed by atoms with Crippen molar-refractivity contribution in [2.45, 2.75) is 33.9 Å². The molecule has 0 bridgehead atoms. The zero-order valence-corrected chi connectivity index (χ0v) is 22.7. The van der Waals surface area contributed by atoms with Crippen molar-refractivity contribution in [1.82, 2.24) is 14.7 Å². The molecule has 0 aliphatic carbocycles. The molecule has 1 N–H and O–H groups in total. The van der Waals surface area contributed by atoms with Crippen LogP contribution in [0.4, 0.5) is 5.69 Å². The third-order valence-electron chi connectivity index (χ3n) is 6.15. The molecule has 2 aromatic carbocycles. The van der Waals surface area contributed by atoms with Crippen LogP contribution in [0.15, 0.2) is 42.5 Å². The second-order valence-electron chi connectivity index (χ2n) is 9.66. The van der Waals surface area contributed by atoms with Crippen molar-refractivity contribution >= 4 is 23.2 Å². The summed E-state index contributed by atoms with van der Waals surface area (Å²) in [4.78, 5) is 15.4. The zero-order valence-electron chi connectivity index (χ0n) is 21.9. The van der Waals surface area contributed by atoms with Gasteiger partial charge in [0.25, 0.3) is 5.91 Å². The van der Waals surface area contributed by atoms with Crippen LogP contribution < -0.4 is 14.8 Å². The molecule has 1 aliphatic rings. The Labute approximate surface area is 223 Å². The summed E-state index contributed by atoms with van der Waals surface area (Å²) in [5.41, 5.74) is 3.80. The van der Waals surface area contributed by atoms with E-state index in [1.165, 1.54) is 0 Å². The van der Waals surface area contributed by atoms with E-state index in [0.717, 1.165) is 55.4 Å². The standard InChI is InChI=1S/C28H35ClN4O4/c1-19(2)18-37-26-8-6-23(29)15-22(26)17-33-20(3)13-25(31-33)28(34)30-24-7-5-21(14-27(24)35-4)16-32-9-11-36-12-10-32/h5-8,13-15,19H,9-12,16-18H2,1-4H3,(H,30,34). The maximum Gasteiger partial charge on any atom is 0.276 e. The maximum atomic E-state index is 13.1. The molecule has 9 heteroatoms. The monoisotopic (exact) mass is 526 g/mol. The fourth-order valence-electron chi connectivity index (χ4n) is 4.15. The lowest BCUT2D eigenvalue weighted by Crippen LogP contribution is -2.35. The van der Waals surface area contributed by atoms with E-state index in [1.807, 2.05) is 43.3 Å². The van der Waals surface area contributed by atoms with E-state index in [4.69, 9.17) is 25.8 Å². The Bertz CT molecular complexity index is 1220. The van der Waals surface area contributed by atoms with Crippen LogP contribution in [0.1, 0.15) is 41.2 Å². The summed E-state index contributed by atoms with van der Waals surface area (Å²) in [7, 11) is 1.60. The number of anilines is 1. The summed E-state index contributed by atoms with van der Waals surface area (Å²) in [6, 6.07) is 13.2. The van der Waals surface area contributed by atoms with Gasteiger partial charge in [0.1, 0.15) is 11.5 Å². The van der Waals surface area contributed by atoms with Gasteiger partial charge in [-0.1, -0.05) is 31.5 Å². The molecule has 1 saturated heterocycles. The molecule has 3 aromatic rings. The predicted octanol–water partition coefficient (Wildman–Crippen LogP) is 5.02. The van der Waals surface area contributed by atoms with Gasteiger partial charge in [-0.15, -0.1) is 0 Å². The molecule has 0 unspecified atom stereocenters. The van der Waals surface area contributed by atoms with Gasteiger partial charge in [0.2, 0.25) is 0 Å². The Kier molecular flexibility index (Phi) is 9.08. The number of nitrogens with one attached hydrogen (secondary N) is 1. The van der Waals surface area contributed by atoms with Crippen LogP contribution in [0, 0.1) is 12.8 Å². The van der Waals surface area contributed by atoms with Gasteiger partial charge in [-0.2, -0.15) is 5.10 Å². The molecule has 0 saturated carbocycles. The Morgan fingerprint density at radius 3 is 2.62 bits per heavy atom. The SMILES string of the molecule is COc1cc(CN2CCOCC2)ccc1NC(=O)c1cc(C)n(Cc2cc(Cl)ccc2OCC(C)C)n1. The predicted molar refractivity (Wildman–Crippen MR) is 145 cm³/mol. The zero-order chi connectivity index (χ0) is 26.4. The lowest BCUT2D eigenvalue weighted by Gasteiger charge is -2.26. The fourth-order valence-corrected chi connectivity index (χ4v) is 4.35. The molecular weight excluding hydrogens is 492 g/mol. The van der Waals surface area contributed by atoms with Crippen LogP contribution in [0.3, 0.4) is 0 Å². The van der Waals surface area contributed by atoms with E-state index in [2.05, 4.69) is 29.2 Å². The van der Waals surface area contributed by atoms with Gasteiger partial charge in [-0.3, -0.25) is 14.4 Å². The number of ether oxygens (including phenoxy) is 3. The number of carbonyl (C=O) groups is 1. The number of aryl methyl sites for hydroxylation is 1. The quantitative estimate of drug-likeness (QED) is 0.399. The molecule has 8 nitrogen and oxygen atoms in total. The first-order valence-corrected chi connectivity index (χ1v) is 12.9. The molecule has 1 aliphatic heterocycles. The number of methoxy groups -OCH3 is 1. The summed E-state index contributed by atoms with van der Waals surface area (Å²) in [5, 5.41) is 8.14. The van der Waals surface area contributed by atoms with Crippen LogP contribution >= 0.6 is 11.6 Å². The summed E-state index contributed by atoms with van der Waals surface area (Å²) >= 11 is 6.26. The van der Waals surface area contributed by atoms with E-state index < -0.39 is 0 Å². The number of aromatic nitrogens is 2. The minimum Gasteiger partial charge on any atom is -0.495 e. The Hall–Kier alpha value is -3.07. The average Bonchev–Trinajstić information content (AvgIpc) is 3.25. The van der Waals surface area contributed by atoms with Gasteiger partial charge in [0, 0.05) is 35.9 Å². The molecule has 198 valence electrons. The molecule has 2 heterocycles. The number of benzene rings is 2. The van der Waals surface area contributed by atoms with Gasteiger partial charge in [0.05, 0.1) is 39.2 Å². The van der Waals surface area contributed by atoms with Crippen molar-refractivity contribution in [2.24, 2.45) is 5.92 Å². The summed E-state index contributed by atoms with van der Waals surface area (Å²) in [6.45, 7) is 11.3. The first-order chi connectivity index (χ1) is 17.8. The van der Waals surface area contributed by atoms with Crippen molar-refractivity contribution in [3.63, 3.8) is 0 Å². The van der Waals surface area contributed by atoms with Crippen molar-refractivity contribution in [1.29, 1.82) is 0 Å². The lowest BCUT2D eigenvalue weighted by atomic mass is 10.1. The highest BCUT2D eigenvalue weighted by Gasteiger charge is 2.17. The summed E-state index contributed by atoms with van der Waals surface area (Å²) in [5.74, 6) is 1.47. The number of nitrogens with zero attached hydrogens (tertiary/aromatic N) is 3. The van der Waals surface area contributed by atoms with Gasteiger partial charge < -0.3 is 19.5 Å². The first-order valence-electron chi connectivity index (χ1n) is 12.6. The number of rotatable bonds is 10. The smallest absolute Gasteiger partial charge is 0.276 e. The molecule has 0 radical (unpaired) electrons. The number of hydrogen-bond acceptors (Lipinski definition) is 6. The number of amides is 1. The minimum absolute atomic E-state index is 0.302. The molecule has 4 rings (SSSR count). The van der Waals surface area contributed by atoms with Gasteiger partial charge in [-0.05, 0) is 54.8 Å². The highest BCUT2D eigenvalue weighted by atomic mass is 35.5. The summed E-state index contributed by atoms with van der Waals surface area (Å²) < 4.78 is 18.8. The topological polar surface area (TPSA) is 77.9 Å². The van der Waals surface area contributed by atoms with Crippen LogP contribution in [0.25, 0.3) is 0 Å². The molecular formula is C28H35ClN4O4. The highest BCUT2D eigenvalue weighted by Crippen LogP contribution is 2.28. The van der Waals surface area contributed by atoms with Crippen molar-refractivity contribution in [2.75, 3.05) is 45.3 Å². The van der Waals surface area contributed by atoms with Crippen molar-refractivity contribution < 1.29 is 19.0 Å². The lowest BCUT2D eigenvalue weighted by molar-refractivity contribution is 0.0341. The van der Waals surface area contributed by atoms with E-state index >= 15 is 0 Å². The number of morpholine rings is 1. The summed E-state index contributed by atoms with van der Waals surface area (Å²) in [6.07, 6.45) is 0. The second-order valence-corrected chi connectivity index (χ2v) is 10.1. The molecule has 1 amide bonds. The second kappa shape index (κ2) is 12.4. The Morgan fingerprint density at radius 1 is 1.11 bits per heavy atom. The molecule has 1 aromatic heterocycles. The Morgan fingerprint density at radius 2 is 1.89 bits per heavy atom. The van der Waals surface area contributed by atoms with E-state index in [1.54, 1.807) is 17.9 Å². The Balaban J connectivity index is 1.46. The van der Waals surface area contributed by atoms with E-state index in [9.17, 15) is 4.79 Å². The molecule has 0 spiro atoms. The van der Waals surface area contributed by atoms with Gasteiger partial charge in [-0.25, -0.2) is 0 Å². The number of halogens is 1. The van der Waals surface area contributed by atoms with Gasteiger partial charge in [0.15, 0.2) is 5.69 Å². The normalized spacial score (nSPS) is 14.1. The van der Waals surface area contributed by atoms with Crippen LogP contribution in [0.2, 0.25) is 5.02 Å². The maximum absolute atomic E-state index is 13.1. The highest BCUT2D eigenvalue weighted by molar-refractivity contribution is 6.30. The van der Waals surface area contributed by atoms with Crippen LogP contribution in [0.5, 0.6) is 11.5 Å². The van der Waals surface area contributed by atoms with E-state index in [0.29, 0.717) is 41.2 Å². The van der Waals surface area contributed by atoms with Crippen LogP contribution in [-0.2, 0) is 17.8 Å². The minimum atomic E-state index is -0.302.